The molecule has 7 heteroatoms. The third kappa shape index (κ3) is 3.53. The van der Waals surface area contributed by atoms with Crippen LogP contribution in [0.2, 0.25) is 0 Å². The number of imidazole rings is 1. The number of hydrogen-bond donors (Lipinski definition) is 0. The molecule has 140 valence electrons. The number of likely N-dealkylation sites (tertiary alicyclic amines) is 1. The molecule has 1 amide bonds. The van der Waals surface area contributed by atoms with Gasteiger partial charge in [-0.25, -0.2) is 4.98 Å². The van der Waals surface area contributed by atoms with E-state index in [0.717, 1.165) is 68.5 Å². The summed E-state index contributed by atoms with van der Waals surface area (Å²) >= 11 is 0. The number of nitrogens with zero attached hydrogens (tertiary/aromatic N) is 5. The van der Waals surface area contributed by atoms with Crippen molar-refractivity contribution in [2.24, 2.45) is 0 Å². The van der Waals surface area contributed by atoms with Gasteiger partial charge in [0.15, 0.2) is 0 Å². The molecule has 0 aromatic carbocycles. The van der Waals surface area contributed by atoms with E-state index < -0.39 is 0 Å². The topological polar surface area (TPSA) is 67.4 Å². The number of rotatable bonds is 4. The van der Waals surface area contributed by atoms with Crippen molar-refractivity contribution in [2.75, 3.05) is 19.6 Å². The Balaban J connectivity index is 1.43. The van der Waals surface area contributed by atoms with Gasteiger partial charge < -0.3 is 14.0 Å². The Morgan fingerprint density at radius 3 is 2.73 bits per heavy atom. The highest BCUT2D eigenvalue weighted by molar-refractivity contribution is 5.78. The predicted octanol–water partition coefficient (Wildman–Crippen LogP) is 2.31. The average Bonchev–Trinajstić information content (AvgIpc) is 3.24. The van der Waals surface area contributed by atoms with Crippen molar-refractivity contribution in [2.45, 2.75) is 58.7 Å². The Kier molecular flexibility index (Phi) is 4.80. The molecule has 0 unspecified atom stereocenters. The number of carbonyl (C=O) groups excluding carboxylic acids is 1. The molecule has 0 bridgehead atoms. The van der Waals surface area contributed by atoms with Gasteiger partial charge >= 0.3 is 0 Å². The molecule has 1 atom stereocenters. The number of fused-ring (bicyclic) bond motifs is 1. The first kappa shape index (κ1) is 17.3. The molecule has 0 saturated carbocycles. The fraction of sp³-hybridized carbons (Fsp3) is 0.632. The Morgan fingerprint density at radius 1 is 1.19 bits per heavy atom. The summed E-state index contributed by atoms with van der Waals surface area (Å²) in [4.78, 5) is 21.7. The molecule has 0 aliphatic carbocycles. The molecular weight excluding hydrogens is 330 g/mol. The highest BCUT2D eigenvalue weighted by atomic mass is 16.5. The lowest BCUT2D eigenvalue weighted by Gasteiger charge is -2.32. The minimum absolute atomic E-state index is 0.194. The first-order chi connectivity index (χ1) is 12.6. The molecule has 4 rings (SSSR count). The van der Waals surface area contributed by atoms with Crippen LogP contribution in [0.4, 0.5) is 0 Å². The Bertz CT molecular complexity index is 775. The highest BCUT2D eigenvalue weighted by Gasteiger charge is 2.28. The third-order valence-electron chi connectivity index (χ3n) is 5.49. The summed E-state index contributed by atoms with van der Waals surface area (Å²) < 4.78 is 7.38. The van der Waals surface area contributed by atoms with Crippen LogP contribution in [0.3, 0.4) is 0 Å². The van der Waals surface area contributed by atoms with E-state index in [2.05, 4.69) is 27.7 Å². The van der Waals surface area contributed by atoms with Crippen molar-refractivity contribution in [1.82, 2.24) is 24.5 Å². The molecule has 2 aromatic rings. The average molecular weight is 357 g/mol. The van der Waals surface area contributed by atoms with Crippen LogP contribution >= 0.6 is 0 Å². The first-order valence-corrected chi connectivity index (χ1v) is 9.60. The van der Waals surface area contributed by atoms with E-state index in [4.69, 9.17) is 9.51 Å². The molecule has 1 saturated heterocycles. The molecule has 0 spiro atoms. The lowest BCUT2D eigenvalue weighted by atomic mass is 10.1. The van der Waals surface area contributed by atoms with Gasteiger partial charge in [-0.1, -0.05) is 5.16 Å². The number of aromatic nitrogens is 3. The van der Waals surface area contributed by atoms with Crippen LogP contribution < -0.4 is 0 Å². The van der Waals surface area contributed by atoms with Gasteiger partial charge in [0.1, 0.15) is 11.6 Å². The quantitative estimate of drug-likeness (QED) is 0.840. The van der Waals surface area contributed by atoms with E-state index in [1.165, 1.54) is 6.42 Å². The lowest BCUT2D eigenvalue weighted by molar-refractivity contribution is -0.131. The second-order valence-corrected chi connectivity index (χ2v) is 7.48. The van der Waals surface area contributed by atoms with Crippen LogP contribution in [0.1, 0.15) is 55.2 Å². The van der Waals surface area contributed by atoms with E-state index in [-0.39, 0.29) is 11.9 Å². The van der Waals surface area contributed by atoms with Gasteiger partial charge in [-0.15, -0.1) is 0 Å². The van der Waals surface area contributed by atoms with Crippen molar-refractivity contribution >= 4 is 5.91 Å². The maximum Gasteiger partial charge on any atom is 0.228 e. The van der Waals surface area contributed by atoms with Crippen molar-refractivity contribution in [3.63, 3.8) is 0 Å². The molecule has 26 heavy (non-hydrogen) atoms. The molecule has 2 aliphatic rings. The minimum Gasteiger partial charge on any atom is -0.361 e. The van der Waals surface area contributed by atoms with Gasteiger partial charge in [0.2, 0.25) is 5.91 Å². The Morgan fingerprint density at radius 2 is 2.00 bits per heavy atom. The van der Waals surface area contributed by atoms with Crippen LogP contribution in [-0.2, 0) is 24.3 Å². The van der Waals surface area contributed by atoms with Crippen molar-refractivity contribution < 1.29 is 9.32 Å². The van der Waals surface area contributed by atoms with Gasteiger partial charge in [0, 0.05) is 45.0 Å². The molecular formula is C19H27N5O2. The number of hydrogen-bond acceptors (Lipinski definition) is 5. The number of carbonyl (C=O) groups is 1. The maximum absolute atomic E-state index is 12.5. The molecule has 1 fully saturated rings. The van der Waals surface area contributed by atoms with Gasteiger partial charge in [0.25, 0.3) is 0 Å². The van der Waals surface area contributed by atoms with Crippen LogP contribution in [0.25, 0.3) is 0 Å². The summed E-state index contributed by atoms with van der Waals surface area (Å²) in [6, 6.07) is 2.18. The summed E-state index contributed by atoms with van der Waals surface area (Å²) in [6.07, 6.45) is 5.96. The second-order valence-electron chi connectivity index (χ2n) is 7.48. The summed E-state index contributed by atoms with van der Waals surface area (Å²) in [5.74, 6) is 2.09. The van der Waals surface area contributed by atoms with Crippen LogP contribution in [0.5, 0.6) is 0 Å². The Labute approximate surface area is 154 Å². The summed E-state index contributed by atoms with van der Waals surface area (Å²) in [5, 5.41) is 4.10. The normalized spacial score (nSPS) is 21.0. The molecule has 7 nitrogen and oxygen atoms in total. The zero-order chi connectivity index (χ0) is 18.1. The molecule has 0 N–H and O–H groups in total. The lowest BCUT2D eigenvalue weighted by Crippen LogP contribution is -2.36. The van der Waals surface area contributed by atoms with E-state index >= 15 is 0 Å². The predicted molar refractivity (Wildman–Crippen MR) is 96.4 cm³/mol. The highest BCUT2D eigenvalue weighted by Crippen LogP contribution is 2.26. The molecule has 2 aromatic heterocycles. The monoisotopic (exact) mass is 357 g/mol. The van der Waals surface area contributed by atoms with Crippen molar-refractivity contribution in [1.29, 1.82) is 0 Å². The molecule has 0 radical (unpaired) electrons. The zero-order valence-electron chi connectivity index (χ0n) is 15.6. The summed E-state index contributed by atoms with van der Waals surface area (Å²) in [6.45, 7) is 8.46. The minimum atomic E-state index is 0.194. The fourth-order valence-electron chi connectivity index (χ4n) is 4.00. The Hall–Kier alpha value is -2.15. The third-order valence-corrected chi connectivity index (χ3v) is 5.49. The van der Waals surface area contributed by atoms with Crippen LogP contribution in [0.15, 0.2) is 16.8 Å². The van der Waals surface area contributed by atoms with Crippen LogP contribution in [-0.4, -0.2) is 50.0 Å². The molecule has 2 aliphatic heterocycles. The van der Waals surface area contributed by atoms with E-state index in [1.54, 1.807) is 0 Å². The number of piperidine rings is 1. The maximum atomic E-state index is 12.5. The number of amides is 1. The largest absolute Gasteiger partial charge is 0.361 e. The molecule has 4 heterocycles. The summed E-state index contributed by atoms with van der Waals surface area (Å²) in [5.41, 5.74) is 1.84. The fourth-order valence-corrected chi connectivity index (χ4v) is 4.00. The van der Waals surface area contributed by atoms with E-state index in [9.17, 15) is 4.79 Å². The van der Waals surface area contributed by atoms with Gasteiger partial charge in [-0.3, -0.25) is 9.69 Å². The van der Waals surface area contributed by atoms with Gasteiger partial charge in [-0.2, -0.15) is 0 Å². The smallest absolute Gasteiger partial charge is 0.228 e. The van der Waals surface area contributed by atoms with Crippen molar-refractivity contribution in [3.8, 4) is 0 Å². The van der Waals surface area contributed by atoms with E-state index in [1.807, 2.05) is 17.9 Å². The second kappa shape index (κ2) is 7.23. The SMILES string of the molecule is Cc1cc(CN2CCn3cc(CC(=O)N4CCCCC4)nc3[C@H]2C)no1. The number of aryl methyl sites for hydroxylation is 1. The summed E-state index contributed by atoms with van der Waals surface area (Å²) in [7, 11) is 0. The van der Waals surface area contributed by atoms with Gasteiger partial charge in [-0.05, 0) is 33.1 Å². The van der Waals surface area contributed by atoms with Crippen molar-refractivity contribution in [3.05, 3.63) is 35.2 Å². The van der Waals surface area contributed by atoms with E-state index in [0.29, 0.717) is 6.42 Å². The first-order valence-electron chi connectivity index (χ1n) is 9.60. The standard InChI is InChI=1S/C19H27N5O2/c1-14-10-17(21-26-14)13-23-8-9-24-12-16(20-19(24)15(23)2)11-18(25)22-6-4-3-5-7-22/h10,12,15H,3-9,11,13H2,1-2H3/t15-/m1/s1. The van der Waals surface area contributed by atoms with Crippen LogP contribution in [0, 0.1) is 6.92 Å². The van der Waals surface area contributed by atoms with Gasteiger partial charge in [0.05, 0.1) is 23.9 Å². The zero-order valence-corrected chi connectivity index (χ0v) is 15.6.